The number of aryl methyl sites for hydroxylation is 1. The van der Waals surface area contributed by atoms with Crippen LogP contribution in [0.2, 0.25) is 5.02 Å². The van der Waals surface area contributed by atoms with Crippen molar-refractivity contribution >= 4 is 11.6 Å². The van der Waals surface area contributed by atoms with E-state index in [9.17, 15) is 5.26 Å². The highest BCUT2D eigenvalue weighted by Crippen LogP contribution is 2.46. The van der Waals surface area contributed by atoms with Crippen LogP contribution in [0.4, 0.5) is 0 Å². The number of nitrogens with two attached hydrogens (primary N) is 1. The first-order valence-corrected chi connectivity index (χ1v) is 7.95. The Morgan fingerprint density at radius 2 is 2.27 bits per heavy atom. The van der Waals surface area contributed by atoms with E-state index < -0.39 is 5.92 Å². The Morgan fingerprint density at radius 1 is 1.50 bits per heavy atom. The molecule has 26 heavy (non-hydrogen) atoms. The fourth-order valence-electron chi connectivity index (χ4n) is 2.89. The number of benzene rings is 1. The van der Waals surface area contributed by atoms with Gasteiger partial charge in [0.15, 0.2) is 11.5 Å². The molecule has 0 bridgehead atoms. The predicted molar refractivity (Wildman–Crippen MR) is 95.0 cm³/mol. The van der Waals surface area contributed by atoms with Gasteiger partial charge in [0, 0.05) is 11.3 Å². The van der Waals surface area contributed by atoms with E-state index in [0.717, 1.165) is 5.69 Å². The maximum atomic E-state index is 9.60. The lowest BCUT2D eigenvalue weighted by atomic mass is 9.84. The van der Waals surface area contributed by atoms with Gasteiger partial charge in [0.2, 0.25) is 11.8 Å². The molecule has 2 aromatic rings. The summed E-state index contributed by atoms with van der Waals surface area (Å²) in [6, 6.07) is 5.53. The van der Waals surface area contributed by atoms with E-state index in [1.165, 1.54) is 7.11 Å². The minimum Gasteiger partial charge on any atom is -0.493 e. The van der Waals surface area contributed by atoms with Crippen LogP contribution in [0.25, 0.3) is 0 Å². The number of nitrogens with zero attached hydrogens (tertiary/aromatic N) is 2. The van der Waals surface area contributed by atoms with Crippen molar-refractivity contribution in [2.45, 2.75) is 12.8 Å². The van der Waals surface area contributed by atoms with Crippen LogP contribution in [0.3, 0.4) is 0 Å². The fourth-order valence-corrected chi connectivity index (χ4v) is 3.17. The number of aromatic nitrogens is 2. The van der Waals surface area contributed by atoms with E-state index in [1.54, 1.807) is 12.1 Å². The van der Waals surface area contributed by atoms with Gasteiger partial charge in [0.1, 0.15) is 18.2 Å². The van der Waals surface area contributed by atoms with Crippen molar-refractivity contribution in [2.24, 2.45) is 5.73 Å². The van der Waals surface area contributed by atoms with E-state index >= 15 is 0 Å². The van der Waals surface area contributed by atoms with Crippen molar-refractivity contribution in [3.8, 4) is 35.8 Å². The van der Waals surface area contributed by atoms with Crippen LogP contribution in [-0.4, -0.2) is 23.9 Å². The van der Waals surface area contributed by atoms with E-state index in [0.29, 0.717) is 33.5 Å². The van der Waals surface area contributed by atoms with E-state index in [1.807, 2.05) is 6.92 Å². The molecule has 0 radical (unpaired) electrons. The maximum Gasteiger partial charge on any atom is 0.244 e. The van der Waals surface area contributed by atoms with E-state index in [-0.39, 0.29) is 18.1 Å². The van der Waals surface area contributed by atoms with Gasteiger partial charge in [-0.05, 0) is 24.6 Å². The van der Waals surface area contributed by atoms with Crippen LogP contribution >= 0.6 is 11.6 Å². The summed E-state index contributed by atoms with van der Waals surface area (Å²) in [5.41, 5.74) is 8.34. The molecule has 3 rings (SSSR count). The summed E-state index contributed by atoms with van der Waals surface area (Å²) in [4.78, 5) is 0. The second-order valence-electron chi connectivity index (χ2n) is 5.52. The number of allylic oxidation sites excluding steroid dienone is 1. The van der Waals surface area contributed by atoms with Gasteiger partial charge in [-0.2, -0.15) is 5.26 Å². The largest absolute Gasteiger partial charge is 0.493 e. The van der Waals surface area contributed by atoms with Crippen LogP contribution in [-0.2, 0) is 0 Å². The van der Waals surface area contributed by atoms with Crippen molar-refractivity contribution in [1.82, 2.24) is 10.2 Å². The normalized spacial score (nSPS) is 15.5. The Labute approximate surface area is 155 Å². The average Bonchev–Trinajstić information content (AvgIpc) is 2.99. The number of terminal acetylenes is 1. The lowest BCUT2D eigenvalue weighted by molar-refractivity contribution is 0.330. The number of rotatable bonds is 4. The molecule has 0 fully saturated rings. The first kappa shape index (κ1) is 17.5. The van der Waals surface area contributed by atoms with Crippen LogP contribution in [0, 0.1) is 30.6 Å². The number of halogens is 1. The highest BCUT2D eigenvalue weighted by molar-refractivity contribution is 6.32. The SMILES string of the molecule is C#CCOc1c(Cl)cc(C2C(C#N)=C(N)Oc3n[nH]c(C)c32)cc1OC. The highest BCUT2D eigenvalue weighted by atomic mass is 35.5. The van der Waals surface area contributed by atoms with Gasteiger partial charge in [0.25, 0.3) is 0 Å². The third-order valence-corrected chi connectivity index (χ3v) is 4.30. The van der Waals surface area contributed by atoms with Crippen molar-refractivity contribution < 1.29 is 14.2 Å². The number of nitriles is 1. The predicted octanol–water partition coefficient (Wildman–Crippen LogP) is 2.61. The Hall–Kier alpha value is -3.29. The molecule has 1 atom stereocenters. The Morgan fingerprint density at radius 3 is 2.92 bits per heavy atom. The molecule has 0 amide bonds. The van der Waals surface area contributed by atoms with Crippen molar-refractivity contribution in [3.63, 3.8) is 0 Å². The Bertz CT molecular complexity index is 982. The van der Waals surface area contributed by atoms with E-state index in [4.69, 9.17) is 38.0 Å². The summed E-state index contributed by atoms with van der Waals surface area (Å²) in [6.07, 6.45) is 5.23. The summed E-state index contributed by atoms with van der Waals surface area (Å²) in [7, 11) is 1.49. The summed E-state index contributed by atoms with van der Waals surface area (Å²) in [5.74, 6) is 2.93. The van der Waals surface area contributed by atoms with Gasteiger partial charge in [-0.15, -0.1) is 11.5 Å². The molecule has 0 saturated carbocycles. The maximum absolute atomic E-state index is 9.60. The van der Waals surface area contributed by atoms with Gasteiger partial charge in [-0.3, -0.25) is 5.10 Å². The molecule has 1 unspecified atom stereocenters. The van der Waals surface area contributed by atoms with Crippen LogP contribution in [0.1, 0.15) is 22.7 Å². The first-order valence-electron chi connectivity index (χ1n) is 7.57. The quantitative estimate of drug-likeness (QED) is 0.801. The average molecular weight is 371 g/mol. The molecule has 0 spiro atoms. The number of hydrogen-bond acceptors (Lipinski definition) is 6. The zero-order chi connectivity index (χ0) is 18.8. The minimum atomic E-state index is -0.504. The zero-order valence-corrected chi connectivity index (χ0v) is 14.8. The third kappa shape index (κ3) is 2.79. The van der Waals surface area contributed by atoms with Crippen LogP contribution < -0.4 is 19.9 Å². The molecule has 2 heterocycles. The summed E-state index contributed by atoms with van der Waals surface area (Å²) in [5, 5.41) is 16.9. The van der Waals surface area contributed by atoms with Gasteiger partial charge in [-0.1, -0.05) is 17.5 Å². The van der Waals surface area contributed by atoms with Gasteiger partial charge < -0.3 is 19.9 Å². The Kier molecular flexibility index (Phi) is 4.66. The molecular weight excluding hydrogens is 356 g/mol. The molecule has 1 aliphatic rings. The number of H-pyrrole nitrogens is 1. The molecule has 132 valence electrons. The number of hydrogen-bond donors (Lipinski definition) is 2. The minimum absolute atomic E-state index is 0.000697. The first-order chi connectivity index (χ1) is 12.5. The van der Waals surface area contributed by atoms with Crippen molar-refractivity contribution in [3.05, 3.63) is 45.4 Å². The number of methoxy groups -OCH3 is 1. The van der Waals surface area contributed by atoms with E-state index in [2.05, 4.69) is 22.2 Å². The molecule has 0 aliphatic carbocycles. The molecular formula is C18H15ClN4O3. The molecule has 1 aromatic heterocycles. The number of ether oxygens (including phenoxy) is 3. The molecule has 3 N–H and O–H groups in total. The second kappa shape index (κ2) is 6.91. The van der Waals surface area contributed by atoms with Crippen molar-refractivity contribution in [1.29, 1.82) is 5.26 Å². The zero-order valence-electron chi connectivity index (χ0n) is 14.1. The summed E-state index contributed by atoms with van der Waals surface area (Å²) in [6.45, 7) is 1.88. The van der Waals surface area contributed by atoms with Crippen LogP contribution in [0.15, 0.2) is 23.6 Å². The van der Waals surface area contributed by atoms with Gasteiger partial charge in [0.05, 0.1) is 18.1 Å². The highest BCUT2D eigenvalue weighted by Gasteiger charge is 2.35. The fraction of sp³-hybridized carbons (Fsp3) is 0.222. The number of nitrogens with one attached hydrogen (secondary N) is 1. The smallest absolute Gasteiger partial charge is 0.244 e. The molecule has 7 nitrogen and oxygen atoms in total. The van der Waals surface area contributed by atoms with Gasteiger partial charge >= 0.3 is 0 Å². The molecule has 8 heteroatoms. The molecule has 1 aromatic carbocycles. The lowest BCUT2D eigenvalue weighted by Gasteiger charge is -2.24. The van der Waals surface area contributed by atoms with Crippen LogP contribution in [0.5, 0.6) is 17.4 Å². The number of fused-ring (bicyclic) bond motifs is 1. The standard InChI is InChI=1S/C18H15ClN4O3/c1-4-5-25-16-12(19)6-10(7-13(16)24-3)15-11(8-20)17(21)26-18-14(15)9(2)22-23-18/h1,6-7,15H,5,21H2,2-3H3,(H,22,23). The molecule has 1 aliphatic heterocycles. The molecule has 0 saturated heterocycles. The topological polar surface area (TPSA) is 106 Å². The summed E-state index contributed by atoms with van der Waals surface area (Å²) < 4.78 is 16.3. The third-order valence-electron chi connectivity index (χ3n) is 4.01. The monoisotopic (exact) mass is 370 g/mol. The Balaban J connectivity index is 2.19. The second-order valence-corrected chi connectivity index (χ2v) is 5.93. The summed E-state index contributed by atoms with van der Waals surface area (Å²) >= 11 is 6.38. The van der Waals surface area contributed by atoms with Gasteiger partial charge in [-0.25, -0.2) is 0 Å². The number of aromatic amines is 1. The lowest BCUT2D eigenvalue weighted by Crippen LogP contribution is -2.21. The van der Waals surface area contributed by atoms with Crippen molar-refractivity contribution in [2.75, 3.05) is 13.7 Å².